The van der Waals surface area contributed by atoms with Crippen molar-refractivity contribution < 1.29 is 20.4 Å². The minimum atomic E-state index is -2.17. The molecule has 1 aromatic carbocycles. The van der Waals surface area contributed by atoms with Gasteiger partial charge in [-0.05, 0) is 11.6 Å². The first-order chi connectivity index (χ1) is 7.55. The average molecular weight is 238 g/mol. The number of hydrogen-bond acceptors (Lipinski definition) is 4. The van der Waals surface area contributed by atoms with E-state index in [9.17, 15) is 20.4 Å². The molecular weight excluding hydrogens is 220 g/mol. The number of hydrogen-bond donors (Lipinski definition) is 4. The van der Waals surface area contributed by atoms with Crippen molar-refractivity contribution in [3.63, 3.8) is 0 Å². The molecule has 4 heteroatoms. The lowest BCUT2D eigenvalue weighted by atomic mass is 9.66. The molecule has 0 atom stereocenters. The summed E-state index contributed by atoms with van der Waals surface area (Å²) in [6.45, 7) is 7.22. The zero-order valence-electron chi connectivity index (χ0n) is 10.4. The summed E-state index contributed by atoms with van der Waals surface area (Å²) in [5.41, 5.74) is -0.764. The molecule has 0 unspecified atom stereocenters. The third kappa shape index (κ3) is 1.14. The SMILES string of the molecule is CC1(C)c2ccc(O)c(O)c2C(O)(O)C1(C)C. The third-order valence-corrected chi connectivity index (χ3v) is 4.61. The molecule has 0 radical (unpaired) electrons. The standard InChI is InChI=1S/C13H18O4/c1-11(2)7-5-6-8(14)10(15)9(7)13(16,17)12(11,3)4/h5-6,14-17H,1-4H3. The van der Waals surface area contributed by atoms with Crippen molar-refractivity contribution in [3.05, 3.63) is 23.3 Å². The molecule has 17 heavy (non-hydrogen) atoms. The van der Waals surface area contributed by atoms with Crippen LogP contribution >= 0.6 is 0 Å². The van der Waals surface area contributed by atoms with Crippen LogP contribution in [0.3, 0.4) is 0 Å². The van der Waals surface area contributed by atoms with Crippen LogP contribution in [-0.4, -0.2) is 20.4 Å². The maximum atomic E-state index is 10.3. The van der Waals surface area contributed by atoms with Gasteiger partial charge in [0.15, 0.2) is 17.3 Å². The average Bonchev–Trinajstić information content (AvgIpc) is 2.29. The van der Waals surface area contributed by atoms with Gasteiger partial charge in [-0.3, -0.25) is 0 Å². The molecule has 94 valence electrons. The van der Waals surface area contributed by atoms with E-state index < -0.39 is 22.4 Å². The summed E-state index contributed by atoms with van der Waals surface area (Å²) >= 11 is 0. The van der Waals surface area contributed by atoms with E-state index in [2.05, 4.69) is 0 Å². The van der Waals surface area contributed by atoms with Crippen molar-refractivity contribution in [3.8, 4) is 11.5 Å². The van der Waals surface area contributed by atoms with Gasteiger partial charge in [0.05, 0.1) is 5.56 Å². The zero-order chi connectivity index (χ0) is 13.2. The summed E-state index contributed by atoms with van der Waals surface area (Å²) in [7, 11) is 0. The molecule has 0 heterocycles. The summed E-state index contributed by atoms with van der Waals surface area (Å²) < 4.78 is 0. The summed E-state index contributed by atoms with van der Waals surface area (Å²) in [6.07, 6.45) is 0. The monoisotopic (exact) mass is 238 g/mol. The third-order valence-electron chi connectivity index (χ3n) is 4.61. The lowest BCUT2D eigenvalue weighted by Gasteiger charge is -2.41. The number of phenols is 2. The van der Waals surface area contributed by atoms with E-state index in [4.69, 9.17) is 0 Å². The lowest BCUT2D eigenvalue weighted by Crippen LogP contribution is -2.45. The number of aromatic hydroxyl groups is 2. The minimum Gasteiger partial charge on any atom is -0.504 e. The molecular formula is C13H18O4. The fourth-order valence-corrected chi connectivity index (χ4v) is 2.54. The van der Waals surface area contributed by atoms with E-state index in [-0.39, 0.29) is 11.3 Å². The highest BCUT2D eigenvalue weighted by Gasteiger charge is 2.62. The predicted molar refractivity (Wildman–Crippen MR) is 62.7 cm³/mol. The Hall–Kier alpha value is -1.26. The van der Waals surface area contributed by atoms with Crippen molar-refractivity contribution in [1.82, 2.24) is 0 Å². The highest BCUT2D eigenvalue weighted by atomic mass is 16.5. The van der Waals surface area contributed by atoms with Gasteiger partial charge in [-0.1, -0.05) is 33.8 Å². The molecule has 2 rings (SSSR count). The molecule has 4 nitrogen and oxygen atoms in total. The van der Waals surface area contributed by atoms with Crippen LogP contribution in [0.4, 0.5) is 0 Å². The summed E-state index contributed by atoms with van der Waals surface area (Å²) in [5, 5.41) is 39.9. The number of phenolic OH excluding ortho intramolecular Hbond substituents is 2. The number of aliphatic hydroxyl groups is 2. The quantitative estimate of drug-likeness (QED) is 0.408. The lowest BCUT2D eigenvalue weighted by molar-refractivity contribution is -0.248. The van der Waals surface area contributed by atoms with Crippen molar-refractivity contribution in [2.75, 3.05) is 0 Å². The number of rotatable bonds is 0. The summed E-state index contributed by atoms with van der Waals surface area (Å²) in [5.74, 6) is -2.97. The molecule has 0 amide bonds. The second-order valence-electron chi connectivity index (χ2n) is 5.78. The molecule has 1 aliphatic carbocycles. The highest BCUT2D eigenvalue weighted by molar-refractivity contribution is 5.58. The summed E-state index contributed by atoms with van der Waals surface area (Å²) in [4.78, 5) is 0. The molecule has 0 spiro atoms. The normalized spacial score (nSPS) is 23.4. The van der Waals surface area contributed by atoms with Crippen molar-refractivity contribution in [2.24, 2.45) is 5.41 Å². The van der Waals surface area contributed by atoms with Crippen LogP contribution in [0.15, 0.2) is 12.1 Å². The van der Waals surface area contributed by atoms with Gasteiger partial charge in [-0.2, -0.15) is 0 Å². The van der Waals surface area contributed by atoms with Gasteiger partial charge in [-0.15, -0.1) is 0 Å². The molecule has 0 saturated heterocycles. The van der Waals surface area contributed by atoms with Crippen LogP contribution in [0.5, 0.6) is 11.5 Å². The first-order valence-electron chi connectivity index (χ1n) is 5.56. The maximum Gasteiger partial charge on any atom is 0.200 e. The van der Waals surface area contributed by atoms with Gasteiger partial charge in [0, 0.05) is 10.8 Å². The fourth-order valence-electron chi connectivity index (χ4n) is 2.54. The maximum absolute atomic E-state index is 10.3. The van der Waals surface area contributed by atoms with E-state index in [1.807, 2.05) is 13.8 Å². The van der Waals surface area contributed by atoms with Gasteiger partial charge in [0.1, 0.15) is 0 Å². The highest BCUT2D eigenvalue weighted by Crippen LogP contribution is 2.62. The van der Waals surface area contributed by atoms with Crippen LogP contribution < -0.4 is 0 Å². The molecule has 0 saturated carbocycles. The number of benzene rings is 1. The fraction of sp³-hybridized carbons (Fsp3) is 0.538. The number of fused-ring (bicyclic) bond motifs is 1. The van der Waals surface area contributed by atoms with E-state index in [1.165, 1.54) is 6.07 Å². The molecule has 0 fully saturated rings. The van der Waals surface area contributed by atoms with Gasteiger partial charge in [-0.25, -0.2) is 0 Å². The van der Waals surface area contributed by atoms with Gasteiger partial charge in [0.2, 0.25) is 0 Å². The zero-order valence-corrected chi connectivity index (χ0v) is 10.4. The van der Waals surface area contributed by atoms with Crippen molar-refractivity contribution >= 4 is 0 Å². The second kappa shape index (κ2) is 2.94. The Bertz CT molecular complexity index is 486. The Morgan fingerprint density at radius 3 is 2.00 bits per heavy atom. The first-order valence-corrected chi connectivity index (χ1v) is 5.56. The Morgan fingerprint density at radius 2 is 1.47 bits per heavy atom. The summed E-state index contributed by atoms with van der Waals surface area (Å²) in [6, 6.07) is 2.99. The van der Waals surface area contributed by atoms with Crippen LogP contribution in [0.2, 0.25) is 0 Å². The van der Waals surface area contributed by atoms with Crippen molar-refractivity contribution in [1.29, 1.82) is 0 Å². The van der Waals surface area contributed by atoms with Gasteiger partial charge in [0.25, 0.3) is 0 Å². The van der Waals surface area contributed by atoms with Gasteiger partial charge >= 0.3 is 0 Å². The molecule has 1 aromatic rings. The Labute approximate surface area is 100 Å². The first kappa shape index (κ1) is 12.2. The molecule has 0 aliphatic heterocycles. The largest absolute Gasteiger partial charge is 0.504 e. The van der Waals surface area contributed by atoms with E-state index in [1.54, 1.807) is 19.9 Å². The Kier molecular flexibility index (Phi) is 2.11. The van der Waals surface area contributed by atoms with Crippen LogP contribution in [0, 0.1) is 5.41 Å². The Balaban J connectivity index is 2.88. The van der Waals surface area contributed by atoms with E-state index in [0.29, 0.717) is 5.56 Å². The second-order valence-corrected chi connectivity index (χ2v) is 5.78. The Morgan fingerprint density at radius 1 is 0.941 bits per heavy atom. The molecule has 0 bridgehead atoms. The van der Waals surface area contributed by atoms with Crippen molar-refractivity contribution in [2.45, 2.75) is 38.9 Å². The molecule has 0 aromatic heterocycles. The molecule has 1 aliphatic rings. The van der Waals surface area contributed by atoms with Gasteiger partial charge < -0.3 is 20.4 Å². The van der Waals surface area contributed by atoms with E-state index >= 15 is 0 Å². The van der Waals surface area contributed by atoms with Crippen LogP contribution in [-0.2, 0) is 11.2 Å². The van der Waals surface area contributed by atoms with E-state index in [0.717, 1.165) is 0 Å². The van der Waals surface area contributed by atoms with Crippen LogP contribution in [0.1, 0.15) is 38.8 Å². The molecule has 4 N–H and O–H groups in total. The topological polar surface area (TPSA) is 80.9 Å². The predicted octanol–water partition coefficient (Wildman–Crippen LogP) is 1.55. The smallest absolute Gasteiger partial charge is 0.200 e. The minimum absolute atomic E-state index is 0.00694. The van der Waals surface area contributed by atoms with Crippen LogP contribution in [0.25, 0.3) is 0 Å².